The highest BCUT2D eigenvalue weighted by Crippen LogP contribution is 2.23. The molecule has 0 spiro atoms. The Morgan fingerprint density at radius 2 is 2.19 bits per heavy atom. The van der Waals surface area contributed by atoms with Crippen LogP contribution in [-0.4, -0.2) is 16.6 Å². The minimum atomic E-state index is -0.505. The van der Waals surface area contributed by atoms with Crippen LogP contribution in [-0.2, 0) is 0 Å². The summed E-state index contributed by atoms with van der Waals surface area (Å²) in [7, 11) is 0. The van der Waals surface area contributed by atoms with Crippen LogP contribution in [0.2, 0.25) is 0 Å². The molecule has 0 fully saturated rings. The predicted octanol–water partition coefficient (Wildman–Crippen LogP) is 1.86. The number of nitrogens with two attached hydrogens (primary N) is 1. The number of benzene rings is 1. The molecule has 3 heteroatoms. The first kappa shape index (κ1) is 11.0. The largest absolute Gasteiger partial charge is 0.388 e. The third-order valence-electron chi connectivity index (χ3n) is 2.88. The van der Waals surface area contributed by atoms with Crippen molar-refractivity contribution in [2.24, 2.45) is 11.7 Å². The van der Waals surface area contributed by atoms with Gasteiger partial charge in [0.1, 0.15) is 0 Å². The normalized spacial score (nSPS) is 14.9. The van der Waals surface area contributed by atoms with E-state index in [0.717, 1.165) is 16.5 Å². The van der Waals surface area contributed by atoms with Gasteiger partial charge in [-0.05, 0) is 36.2 Å². The number of aliphatic hydroxyl groups is 1. The Hall–Kier alpha value is -1.45. The first-order valence-corrected chi connectivity index (χ1v) is 5.45. The molecule has 84 valence electrons. The first-order valence-electron chi connectivity index (χ1n) is 5.45. The molecule has 0 aliphatic heterocycles. The summed E-state index contributed by atoms with van der Waals surface area (Å²) in [6.07, 6.45) is 1.26. The van der Waals surface area contributed by atoms with Gasteiger partial charge in [-0.25, -0.2) is 0 Å². The third kappa shape index (κ3) is 2.05. The van der Waals surface area contributed by atoms with E-state index in [0.29, 0.717) is 6.54 Å². The van der Waals surface area contributed by atoms with E-state index in [2.05, 4.69) is 4.98 Å². The van der Waals surface area contributed by atoms with Crippen molar-refractivity contribution in [3.8, 4) is 0 Å². The molecule has 2 unspecified atom stereocenters. The molecule has 2 rings (SSSR count). The summed E-state index contributed by atoms with van der Waals surface area (Å²) in [6.45, 7) is 2.42. The maximum Gasteiger partial charge on any atom is 0.0827 e. The summed E-state index contributed by atoms with van der Waals surface area (Å²) in [5.41, 5.74) is 7.40. The van der Waals surface area contributed by atoms with E-state index in [1.807, 2.05) is 37.3 Å². The van der Waals surface area contributed by atoms with Gasteiger partial charge in [-0.3, -0.25) is 4.98 Å². The molecule has 1 heterocycles. The van der Waals surface area contributed by atoms with E-state index < -0.39 is 6.10 Å². The summed E-state index contributed by atoms with van der Waals surface area (Å²) < 4.78 is 0. The fourth-order valence-corrected chi connectivity index (χ4v) is 1.74. The molecule has 3 nitrogen and oxygen atoms in total. The number of fused-ring (bicyclic) bond motifs is 1. The Morgan fingerprint density at radius 3 is 2.94 bits per heavy atom. The van der Waals surface area contributed by atoms with Crippen molar-refractivity contribution in [3.05, 3.63) is 42.1 Å². The summed E-state index contributed by atoms with van der Waals surface area (Å²) in [6, 6.07) is 9.69. The van der Waals surface area contributed by atoms with Crippen LogP contribution in [0.4, 0.5) is 0 Å². The third-order valence-corrected chi connectivity index (χ3v) is 2.88. The Kier molecular flexibility index (Phi) is 3.17. The van der Waals surface area contributed by atoms with Crippen LogP contribution in [0.15, 0.2) is 36.5 Å². The van der Waals surface area contributed by atoms with E-state index in [1.165, 1.54) is 0 Å². The lowest BCUT2D eigenvalue weighted by atomic mass is 9.96. The minimum Gasteiger partial charge on any atom is -0.388 e. The van der Waals surface area contributed by atoms with Crippen molar-refractivity contribution in [2.45, 2.75) is 13.0 Å². The van der Waals surface area contributed by atoms with Crippen molar-refractivity contribution in [1.82, 2.24) is 4.98 Å². The van der Waals surface area contributed by atoms with Crippen LogP contribution in [0.1, 0.15) is 18.6 Å². The molecule has 0 aliphatic carbocycles. The van der Waals surface area contributed by atoms with E-state index >= 15 is 0 Å². The molecule has 2 atom stereocenters. The molecular formula is C13H16N2O. The van der Waals surface area contributed by atoms with E-state index in [1.54, 1.807) is 6.20 Å². The van der Waals surface area contributed by atoms with Gasteiger partial charge in [-0.15, -0.1) is 0 Å². The second-order valence-electron chi connectivity index (χ2n) is 4.11. The fourth-order valence-electron chi connectivity index (χ4n) is 1.74. The number of hydrogen-bond donors (Lipinski definition) is 2. The Bertz CT molecular complexity index is 484. The van der Waals surface area contributed by atoms with Gasteiger partial charge in [-0.2, -0.15) is 0 Å². The van der Waals surface area contributed by atoms with Crippen molar-refractivity contribution in [2.75, 3.05) is 6.54 Å². The van der Waals surface area contributed by atoms with Gasteiger partial charge in [0.25, 0.3) is 0 Å². The Balaban J connectivity index is 2.39. The van der Waals surface area contributed by atoms with Gasteiger partial charge in [0, 0.05) is 11.6 Å². The van der Waals surface area contributed by atoms with E-state index in [9.17, 15) is 5.11 Å². The van der Waals surface area contributed by atoms with Crippen LogP contribution in [0.3, 0.4) is 0 Å². The van der Waals surface area contributed by atoms with E-state index in [4.69, 9.17) is 5.73 Å². The summed E-state index contributed by atoms with van der Waals surface area (Å²) in [4.78, 5) is 4.24. The molecule has 0 saturated carbocycles. The lowest BCUT2D eigenvalue weighted by Gasteiger charge is -2.17. The smallest absolute Gasteiger partial charge is 0.0827 e. The maximum absolute atomic E-state index is 10.0. The number of nitrogens with zero attached hydrogens (tertiary/aromatic N) is 1. The molecule has 0 saturated heterocycles. The van der Waals surface area contributed by atoms with Crippen LogP contribution in [0, 0.1) is 5.92 Å². The highest BCUT2D eigenvalue weighted by atomic mass is 16.3. The molecule has 0 amide bonds. The highest BCUT2D eigenvalue weighted by Gasteiger charge is 2.14. The van der Waals surface area contributed by atoms with Gasteiger partial charge in [0.2, 0.25) is 0 Å². The summed E-state index contributed by atoms with van der Waals surface area (Å²) >= 11 is 0. The first-order chi connectivity index (χ1) is 7.72. The molecular weight excluding hydrogens is 200 g/mol. The average molecular weight is 216 g/mol. The Morgan fingerprint density at radius 1 is 1.38 bits per heavy atom. The summed E-state index contributed by atoms with van der Waals surface area (Å²) in [5, 5.41) is 11.1. The van der Waals surface area contributed by atoms with Crippen LogP contribution >= 0.6 is 0 Å². The van der Waals surface area contributed by atoms with E-state index in [-0.39, 0.29) is 5.92 Å². The maximum atomic E-state index is 10.0. The predicted molar refractivity (Wildman–Crippen MR) is 64.9 cm³/mol. The van der Waals surface area contributed by atoms with Gasteiger partial charge in [-0.1, -0.05) is 19.1 Å². The van der Waals surface area contributed by atoms with Gasteiger partial charge in [0.15, 0.2) is 0 Å². The molecule has 0 bridgehead atoms. The number of aromatic nitrogens is 1. The zero-order valence-electron chi connectivity index (χ0n) is 9.30. The number of hydrogen-bond acceptors (Lipinski definition) is 3. The quantitative estimate of drug-likeness (QED) is 0.823. The van der Waals surface area contributed by atoms with Gasteiger partial charge < -0.3 is 10.8 Å². The fraction of sp³-hybridized carbons (Fsp3) is 0.308. The van der Waals surface area contributed by atoms with Gasteiger partial charge >= 0.3 is 0 Å². The van der Waals surface area contributed by atoms with Crippen LogP contribution in [0.5, 0.6) is 0 Å². The molecule has 2 aromatic rings. The molecule has 0 aliphatic rings. The molecule has 1 aromatic carbocycles. The second kappa shape index (κ2) is 4.60. The second-order valence-corrected chi connectivity index (χ2v) is 4.11. The number of pyridine rings is 1. The highest BCUT2D eigenvalue weighted by molar-refractivity contribution is 5.79. The topological polar surface area (TPSA) is 59.1 Å². The van der Waals surface area contributed by atoms with Crippen molar-refractivity contribution < 1.29 is 5.11 Å². The Labute approximate surface area is 94.9 Å². The van der Waals surface area contributed by atoms with Crippen molar-refractivity contribution in [1.29, 1.82) is 0 Å². The standard InChI is InChI=1S/C13H16N2O/c1-9(8-14)13(16)11-4-5-12-10(7-11)3-2-6-15-12/h2-7,9,13,16H,8,14H2,1H3. The average Bonchev–Trinajstić information content (AvgIpc) is 2.36. The lowest BCUT2D eigenvalue weighted by molar-refractivity contribution is 0.122. The zero-order valence-corrected chi connectivity index (χ0v) is 9.30. The van der Waals surface area contributed by atoms with Crippen LogP contribution < -0.4 is 5.73 Å². The van der Waals surface area contributed by atoms with Gasteiger partial charge in [0.05, 0.1) is 11.6 Å². The minimum absolute atomic E-state index is 0.0640. The number of aliphatic hydroxyl groups excluding tert-OH is 1. The van der Waals surface area contributed by atoms with Crippen molar-refractivity contribution in [3.63, 3.8) is 0 Å². The lowest BCUT2D eigenvalue weighted by Crippen LogP contribution is -2.18. The molecule has 16 heavy (non-hydrogen) atoms. The zero-order chi connectivity index (χ0) is 11.5. The number of rotatable bonds is 3. The van der Waals surface area contributed by atoms with Crippen molar-refractivity contribution >= 4 is 10.9 Å². The monoisotopic (exact) mass is 216 g/mol. The molecule has 3 N–H and O–H groups in total. The summed E-state index contributed by atoms with van der Waals surface area (Å²) in [5.74, 6) is 0.0640. The SMILES string of the molecule is CC(CN)C(O)c1ccc2ncccc2c1. The molecule has 0 radical (unpaired) electrons. The van der Waals surface area contributed by atoms with Crippen LogP contribution in [0.25, 0.3) is 10.9 Å². The molecule has 1 aromatic heterocycles.